The largest absolute Gasteiger partial charge is 0.310 e. The maximum Gasteiger partial charge on any atom is 0.0543 e. The van der Waals surface area contributed by atoms with Crippen LogP contribution in [-0.2, 0) is 0 Å². The molecule has 314 valence electrons. The Bertz CT molecular complexity index is 3100. The fourth-order valence-electron chi connectivity index (χ4n) is 10.4. The quantitative estimate of drug-likeness (QED) is 0.127. The van der Waals surface area contributed by atoms with E-state index in [-0.39, 0.29) is 11.8 Å². The van der Waals surface area contributed by atoms with Crippen molar-refractivity contribution >= 4 is 66.4 Å². The van der Waals surface area contributed by atoms with E-state index in [1.807, 2.05) is 0 Å². The third-order valence-electron chi connectivity index (χ3n) is 13.6. The van der Waals surface area contributed by atoms with Crippen molar-refractivity contribution in [2.45, 2.75) is 67.2 Å². The van der Waals surface area contributed by atoms with E-state index < -0.39 is 0 Å². The first-order valence-electron chi connectivity index (χ1n) is 22.9. The lowest BCUT2D eigenvalue weighted by molar-refractivity contribution is 0.875. The first kappa shape index (κ1) is 40.9. The van der Waals surface area contributed by atoms with E-state index in [2.05, 4.69) is 247 Å². The molecule has 2 nitrogen and oxygen atoms in total. The number of para-hydroxylation sites is 2. The van der Waals surface area contributed by atoms with Gasteiger partial charge in [-0.15, -0.1) is 0 Å². The fraction of sp³-hybridized carbons (Fsp3) is 0.161. The second kappa shape index (κ2) is 16.5. The first-order valence-corrected chi connectivity index (χ1v) is 22.9. The summed E-state index contributed by atoms with van der Waals surface area (Å²) in [5.41, 5.74) is 19.8. The van der Waals surface area contributed by atoms with Gasteiger partial charge in [0.1, 0.15) is 0 Å². The van der Waals surface area contributed by atoms with Gasteiger partial charge in [0, 0.05) is 33.5 Å². The van der Waals surface area contributed by atoms with Crippen LogP contribution in [0.3, 0.4) is 0 Å². The molecule has 0 spiro atoms. The number of nitrogens with zero attached hydrogens (tertiary/aromatic N) is 2. The molecule has 0 N–H and O–H groups in total. The van der Waals surface area contributed by atoms with Crippen molar-refractivity contribution in [1.82, 2.24) is 0 Å². The predicted molar refractivity (Wildman–Crippen MR) is 278 cm³/mol. The lowest BCUT2D eigenvalue weighted by atomic mass is 9.83. The molecule has 0 aliphatic carbocycles. The van der Waals surface area contributed by atoms with Crippen LogP contribution in [0.4, 0.5) is 34.1 Å². The summed E-state index contributed by atoms with van der Waals surface area (Å²) in [4.78, 5) is 5.05. The molecule has 10 aromatic rings. The van der Waals surface area contributed by atoms with Crippen LogP contribution in [0.2, 0.25) is 0 Å². The summed E-state index contributed by atoms with van der Waals surface area (Å²) in [7, 11) is 0. The Morgan fingerprint density at radius 3 is 1.03 bits per heavy atom. The summed E-state index contributed by atoms with van der Waals surface area (Å²) in [6, 6.07) is 67.7. The number of hydrogen-bond donors (Lipinski definition) is 0. The molecule has 64 heavy (non-hydrogen) atoms. The first-order chi connectivity index (χ1) is 31.1. The van der Waals surface area contributed by atoms with Crippen LogP contribution in [-0.4, -0.2) is 0 Å². The van der Waals surface area contributed by atoms with Crippen molar-refractivity contribution in [3.05, 3.63) is 215 Å². The molecule has 0 unspecified atom stereocenters. The summed E-state index contributed by atoms with van der Waals surface area (Å²) >= 11 is 0. The fourth-order valence-corrected chi connectivity index (χ4v) is 10.4. The van der Waals surface area contributed by atoms with Crippen LogP contribution in [0.25, 0.3) is 54.6 Å². The number of rotatable bonds is 10. The van der Waals surface area contributed by atoms with Crippen LogP contribution >= 0.6 is 0 Å². The molecule has 0 aliphatic rings. The zero-order valence-corrected chi connectivity index (χ0v) is 38.4. The maximum atomic E-state index is 2.52. The van der Waals surface area contributed by atoms with E-state index >= 15 is 0 Å². The molecule has 0 fully saturated rings. The van der Waals surface area contributed by atoms with E-state index in [0.717, 1.165) is 11.4 Å². The summed E-state index contributed by atoms with van der Waals surface area (Å²) < 4.78 is 0. The molecule has 2 heteroatoms. The number of hydrogen-bond acceptors (Lipinski definition) is 2. The van der Waals surface area contributed by atoms with Gasteiger partial charge in [0.05, 0.1) is 11.4 Å². The standard InChI is InChI=1S/C62H56N2/c1-39(2)55-37-59(63(45-23-11-9-12-24-45)57-31-19-29-49(43(57)7)47-27-17-15-21-41(47)5)53-36-34-52-56(40(3)4)38-60(54-35-33-51(55)61(53)62(52)54)64(46-25-13-10-14-26-46)58-32-20-30-50(44(58)8)48-28-18-16-22-42(48)6/h9-40H,1-8H3. The minimum atomic E-state index is 0.289. The second-order valence-electron chi connectivity index (χ2n) is 18.2. The molecule has 0 heterocycles. The van der Waals surface area contributed by atoms with Gasteiger partial charge >= 0.3 is 0 Å². The average Bonchev–Trinajstić information content (AvgIpc) is 3.31. The van der Waals surface area contributed by atoms with E-state index in [0.29, 0.717) is 0 Å². The Morgan fingerprint density at radius 2 is 0.656 bits per heavy atom. The summed E-state index contributed by atoms with van der Waals surface area (Å²) in [6.07, 6.45) is 0. The number of aryl methyl sites for hydroxylation is 2. The van der Waals surface area contributed by atoms with E-state index in [9.17, 15) is 0 Å². The zero-order valence-electron chi connectivity index (χ0n) is 38.4. The smallest absolute Gasteiger partial charge is 0.0543 e. The van der Waals surface area contributed by atoms with Gasteiger partial charge in [0.2, 0.25) is 0 Å². The molecule has 0 saturated heterocycles. The molecule has 0 amide bonds. The van der Waals surface area contributed by atoms with Gasteiger partial charge in [0.15, 0.2) is 0 Å². The van der Waals surface area contributed by atoms with Crippen molar-refractivity contribution in [1.29, 1.82) is 0 Å². The monoisotopic (exact) mass is 828 g/mol. The molecule has 0 bridgehead atoms. The van der Waals surface area contributed by atoms with Crippen molar-refractivity contribution in [2.24, 2.45) is 0 Å². The molecule has 0 atom stereocenters. The Kier molecular flexibility index (Phi) is 10.6. The lowest BCUT2D eigenvalue weighted by Crippen LogP contribution is -2.14. The van der Waals surface area contributed by atoms with E-state index in [1.54, 1.807) is 0 Å². The van der Waals surface area contributed by atoms with Crippen LogP contribution in [0.15, 0.2) is 182 Å². The predicted octanol–water partition coefficient (Wildman–Crippen LogP) is 18.3. The van der Waals surface area contributed by atoms with Crippen molar-refractivity contribution in [2.75, 3.05) is 9.80 Å². The Morgan fingerprint density at radius 1 is 0.312 bits per heavy atom. The molecule has 10 aromatic carbocycles. The highest BCUT2D eigenvalue weighted by Crippen LogP contribution is 2.52. The summed E-state index contributed by atoms with van der Waals surface area (Å²) in [5, 5.41) is 7.79. The normalized spacial score (nSPS) is 11.7. The Labute approximate surface area is 379 Å². The van der Waals surface area contributed by atoms with Gasteiger partial charge in [-0.2, -0.15) is 0 Å². The summed E-state index contributed by atoms with van der Waals surface area (Å²) in [5.74, 6) is 0.578. The molecule has 0 radical (unpaired) electrons. The Hall–Kier alpha value is -7.16. The highest BCUT2D eigenvalue weighted by molar-refractivity contribution is 6.29. The van der Waals surface area contributed by atoms with Gasteiger partial charge in [-0.3, -0.25) is 0 Å². The topological polar surface area (TPSA) is 6.48 Å². The second-order valence-corrected chi connectivity index (χ2v) is 18.2. The Balaban J connectivity index is 1.31. The van der Waals surface area contributed by atoms with E-state index in [1.165, 1.54) is 111 Å². The number of benzene rings is 10. The molecule has 0 aromatic heterocycles. The van der Waals surface area contributed by atoms with Gasteiger partial charge in [-0.05, 0) is 165 Å². The zero-order chi connectivity index (χ0) is 44.2. The van der Waals surface area contributed by atoms with Crippen LogP contribution < -0.4 is 9.80 Å². The van der Waals surface area contributed by atoms with Gasteiger partial charge in [-0.25, -0.2) is 0 Å². The highest BCUT2D eigenvalue weighted by atomic mass is 15.2. The SMILES string of the molecule is Cc1ccccc1-c1cccc(N(c2ccccc2)c2cc(C(C)C)c3ccc4c(N(c5ccccc5)c5cccc(-c6ccccc6C)c5C)cc(C(C)C)c5ccc2c3c54)c1C. The van der Waals surface area contributed by atoms with E-state index in [4.69, 9.17) is 0 Å². The van der Waals surface area contributed by atoms with Gasteiger partial charge in [-0.1, -0.05) is 161 Å². The highest BCUT2D eigenvalue weighted by Gasteiger charge is 2.27. The van der Waals surface area contributed by atoms with Crippen LogP contribution in [0.1, 0.15) is 72.9 Å². The van der Waals surface area contributed by atoms with Crippen molar-refractivity contribution in [3.63, 3.8) is 0 Å². The number of anilines is 6. The van der Waals surface area contributed by atoms with Gasteiger partial charge in [0.25, 0.3) is 0 Å². The molecule has 0 saturated carbocycles. The lowest BCUT2D eigenvalue weighted by Gasteiger charge is -2.33. The van der Waals surface area contributed by atoms with Crippen LogP contribution in [0, 0.1) is 27.7 Å². The van der Waals surface area contributed by atoms with Gasteiger partial charge < -0.3 is 9.80 Å². The van der Waals surface area contributed by atoms with Crippen LogP contribution in [0.5, 0.6) is 0 Å². The van der Waals surface area contributed by atoms with Crippen molar-refractivity contribution < 1.29 is 0 Å². The minimum Gasteiger partial charge on any atom is -0.310 e. The molecule has 10 rings (SSSR count). The minimum absolute atomic E-state index is 0.289. The summed E-state index contributed by atoms with van der Waals surface area (Å²) in [6.45, 7) is 18.4. The average molecular weight is 829 g/mol. The molecular formula is C62H56N2. The molecular weight excluding hydrogens is 773 g/mol. The molecule has 0 aliphatic heterocycles. The third kappa shape index (κ3) is 6.81. The maximum absolute atomic E-state index is 2.52. The third-order valence-corrected chi connectivity index (χ3v) is 13.6. The van der Waals surface area contributed by atoms with Crippen molar-refractivity contribution in [3.8, 4) is 22.3 Å².